The summed E-state index contributed by atoms with van der Waals surface area (Å²) in [5.74, 6) is 0. The predicted molar refractivity (Wildman–Crippen MR) is 65.8 cm³/mol. The van der Waals surface area contributed by atoms with E-state index in [0.717, 1.165) is 13.0 Å². The first-order valence-electron chi connectivity index (χ1n) is 5.94. The maximum atomic E-state index is 9.38. The number of aliphatic hydroxyl groups excluding tert-OH is 4. The first-order chi connectivity index (χ1) is 7.99. The molecule has 0 saturated carbocycles. The number of hydrogen-bond donors (Lipinski definition) is 4. The van der Waals surface area contributed by atoms with Gasteiger partial charge < -0.3 is 25.3 Å². The van der Waals surface area contributed by atoms with Gasteiger partial charge in [-0.25, -0.2) is 0 Å². The van der Waals surface area contributed by atoms with Gasteiger partial charge in [-0.1, -0.05) is 0 Å². The maximum Gasteiger partial charge on any atom is 0.0897 e. The standard InChI is InChI=1S/C11H26N2O4/c1-12(2)4-3-5-13(6-10(16)8-14)7-11(17)9-15/h10-11,14-17H,3-9H2,1-2H3. The molecule has 6 nitrogen and oxygen atoms in total. The molecular formula is C11H26N2O4. The molecular weight excluding hydrogens is 224 g/mol. The summed E-state index contributed by atoms with van der Waals surface area (Å²) in [5.41, 5.74) is 0. The van der Waals surface area contributed by atoms with Crippen LogP contribution in [0.2, 0.25) is 0 Å². The number of rotatable bonds is 10. The van der Waals surface area contributed by atoms with E-state index in [9.17, 15) is 10.2 Å². The molecule has 17 heavy (non-hydrogen) atoms. The topological polar surface area (TPSA) is 87.4 Å². The molecule has 0 aliphatic heterocycles. The third-order valence-corrected chi connectivity index (χ3v) is 2.44. The van der Waals surface area contributed by atoms with Gasteiger partial charge >= 0.3 is 0 Å². The van der Waals surface area contributed by atoms with Gasteiger partial charge in [0.25, 0.3) is 0 Å². The van der Waals surface area contributed by atoms with Crippen LogP contribution in [0.25, 0.3) is 0 Å². The molecule has 0 aromatic heterocycles. The average molecular weight is 250 g/mol. The lowest BCUT2D eigenvalue weighted by atomic mass is 10.2. The first kappa shape index (κ1) is 16.8. The SMILES string of the molecule is CN(C)CCCN(CC(O)CO)CC(O)CO. The summed E-state index contributed by atoms with van der Waals surface area (Å²) in [7, 11) is 3.96. The van der Waals surface area contributed by atoms with Crippen LogP contribution in [0.1, 0.15) is 6.42 Å². The molecule has 104 valence electrons. The molecule has 0 aromatic carbocycles. The Hall–Kier alpha value is -0.240. The summed E-state index contributed by atoms with van der Waals surface area (Å²) in [4.78, 5) is 3.91. The highest BCUT2D eigenvalue weighted by molar-refractivity contribution is 4.68. The zero-order valence-electron chi connectivity index (χ0n) is 10.8. The first-order valence-corrected chi connectivity index (χ1v) is 5.94. The summed E-state index contributed by atoms with van der Waals surface area (Å²) < 4.78 is 0. The second-order valence-electron chi connectivity index (χ2n) is 4.59. The fraction of sp³-hybridized carbons (Fsp3) is 1.00. The van der Waals surface area contributed by atoms with Crippen LogP contribution < -0.4 is 0 Å². The molecule has 2 unspecified atom stereocenters. The fourth-order valence-corrected chi connectivity index (χ4v) is 1.58. The molecule has 0 aliphatic rings. The Morgan fingerprint density at radius 2 is 1.35 bits per heavy atom. The van der Waals surface area contributed by atoms with Crippen LogP contribution in [0.4, 0.5) is 0 Å². The van der Waals surface area contributed by atoms with Crippen molar-refractivity contribution in [2.45, 2.75) is 18.6 Å². The van der Waals surface area contributed by atoms with Crippen molar-refractivity contribution in [1.29, 1.82) is 0 Å². The van der Waals surface area contributed by atoms with Gasteiger partial charge in [0.15, 0.2) is 0 Å². The van der Waals surface area contributed by atoms with Crippen molar-refractivity contribution in [2.24, 2.45) is 0 Å². The predicted octanol–water partition coefficient (Wildman–Crippen LogP) is -2.05. The van der Waals surface area contributed by atoms with Gasteiger partial charge in [-0.2, -0.15) is 0 Å². The van der Waals surface area contributed by atoms with Crippen LogP contribution in [-0.4, -0.2) is 95.9 Å². The summed E-state index contributed by atoms with van der Waals surface area (Å²) >= 11 is 0. The molecule has 0 saturated heterocycles. The minimum Gasteiger partial charge on any atom is -0.394 e. The highest BCUT2D eigenvalue weighted by Crippen LogP contribution is 1.98. The van der Waals surface area contributed by atoms with Crippen molar-refractivity contribution < 1.29 is 20.4 Å². The lowest BCUT2D eigenvalue weighted by Gasteiger charge is -2.26. The lowest BCUT2D eigenvalue weighted by molar-refractivity contribution is 0.0224. The second kappa shape index (κ2) is 9.76. The van der Waals surface area contributed by atoms with Gasteiger partial charge in [0.05, 0.1) is 25.4 Å². The molecule has 6 heteroatoms. The summed E-state index contributed by atoms with van der Waals surface area (Å²) in [6, 6.07) is 0. The van der Waals surface area contributed by atoms with Gasteiger partial charge in [-0.3, -0.25) is 4.90 Å². The summed E-state index contributed by atoms with van der Waals surface area (Å²) in [6.07, 6.45) is -0.705. The van der Waals surface area contributed by atoms with Crippen molar-refractivity contribution in [3.63, 3.8) is 0 Å². The molecule has 0 heterocycles. The van der Waals surface area contributed by atoms with Crippen LogP contribution in [0, 0.1) is 0 Å². The normalized spacial score (nSPS) is 15.5. The fourth-order valence-electron chi connectivity index (χ4n) is 1.58. The summed E-state index contributed by atoms with van der Waals surface area (Å²) in [6.45, 7) is 1.66. The van der Waals surface area contributed by atoms with E-state index in [1.54, 1.807) is 0 Å². The van der Waals surface area contributed by atoms with Crippen LogP contribution in [0.3, 0.4) is 0 Å². The molecule has 0 amide bonds. The monoisotopic (exact) mass is 250 g/mol. The van der Waals surface area contributed by atoms with Gasteiger partial charge in [0, 0.05) is 13.1 Å². The Labute approximate surface area is 103 Å². The molecule has 0 aromatic rings. The van der Waals surface area contributed by atoms with E-state index in [4.69, 9.17) is 10.2 Å². The Bertz CT molecular complexity index is 169. The zero-order chi connectivity index (χ0) is 13.3. The largest absolute Gasteiger partial charge is 0.394 e. The van der Waals surface area contributed by atoms with Crippen molar-refractivity contribution in [3.8, 4) is 0 Å². The van der Waals surface area contributed by atoms with Crippen LogP contribution in [-0.2, 0) is 0 Å². The number of hydrogen-bond acceptors (Lipinski definition) is 6. The molecule has 2 atom stereocenters. The average Bonchev–Trinajstić information content (AvgIpc) is 2.27. The highest BCUT2D eigenvalue weighted by Gasteiger charge is 2.14. The van der Waals surface area contributed by atoms with E-state index in [-0.39, 0.29) is 13.2 Å². The summed E-state index contributed by atoms with van der Waals surface area (Å²) in [5, 5.41) is 36.3. The maximum absolute atomic E-state index is 9.38. The second-order valence-corrected chi connectivity index (χ2v) is 4.59. The van der Waals surface area contributed by atoms with Crippen molar-refractivity contribution in [1.82, 2.24) is 9.80 Å². The highest BCUT2D eigenvalue weighted by atomic mass is 16.3. The van der Waals surface area contributed by atoms with E-state index in [1.165, 1.54) is 0 Å². The Balaban J connectivity index is 4.01. The quantitative estimate of drug-likeness (QED) is 0.357. The third-order valence-electron chi connectivity index (χ3n) is 2.44. The molecule has 0 spiro atoms. The molecule has 0 rings (SSSR count). The van der Waals surface area contributed by atoms with E-state index in [2.05, 4.69) is 4.90 Å². The lowest BCUT2D eigenvalue weighted by Crippen LogP contribution is -2.41. The Morgan fingerprint density at radius 1 is 0.882 bits per heavy atom. The van der Waals surface area contributed by atoms with Crippen LogP contribution in [0.15, 0.2) is 0 Å². The molecule has 0 fully saturated rings. The zero-order valence-corrected chi connectivity index (χ0v) is 10.8. The molecule has 0 bridgehead atoms. The Kier molecular flexibility index (Phi) is 9.62. The molecule has 4 N–H and O–H groups in total. The van der Waals surface area contributed by atoms with Gasteiger partial charge in [-0.05, 0) is 33.6 Å². The minimum atomic E-state index is -0.805. The van der Waals surface area contributed by atoms with Crippen molar-refractivity contribution in [2.75, 3.05) is 53.5 Å². The van der Waals surface area contributed by atoms with Crippen LogP contribution >= 0.6 is 0 Å². The third kappa shape index (κ3) is 9.46. The van der Waals surface area contributed by atoms with Gasteiger partial charge in [-0.15, -0.1) is 0 Å². The van der Waals surface area contributed by atoms with E-state index in [1.807, 2.05) is 19.0 Å². The Morgan fingerprint density at radius 3 is 1.71 bits per heavy atom. The van der Waals surface area contributed by atoms with Crippen molar-refractivity contribution >= 4 is 0 Å². The van der Waals surface area contributed by atoms with Gasteiger partial charge in [0.2, 0.25) is 0 Å². The number of aliphatic hydroxyl groups is 4. The van der Waals surface area contributed by atoms with E-state index >= 15 is 0 Å². The van der Waals surface area contributed by atoms with Gasteiger partial charge in [0.1, 0.15) is 0 Å². The van der Waals surface area contributed by atoms with E-state index < -0.39 is 12.2 Å². The smallest absolute Gasteiger partial charge is 0.0897 e. The van der Waals surface area contributed by atoms with Crippen molar-refractivity contribution in [3.05, 3.63) is 0 Å². The minimum absolute atomic E-state index is 0.292. The van der Waals surface area contributed by atoms with E-state index in [0.29, 0.717) is 19.6 Å². The van der Waals surface area contributed by atoms with Crippen LogP contribution in [0.5, 0.6) is 0 Å². The number of nitrogens with zero attached hydrogens (tertiary/aromatic N) is 2. The molecule has 0 radical (unpaired) electrons. The molecule has 0 aliphatic carbocycles.